The summed E-state index contributed by atoms with van der Waals surface area (Å²) in [6.07, 6.45) is 4.47. The minimum Gasteiger partial charge on any atom is -0.382 e. The predicted molar refractivity (Wildman–Crippen MR) is 85.1 cm³/mol. The lowest BCUT2D eigenvalue weighted by Gasteiger charge is -2.26. The molecule has 104 valence electrons. The van der Waals surface area contributed by atoms with Crippen molar-refractivity contribution < 1.29 is 0 Å². The number of nitrogens with one attached hydrogen (secondary N) is 1. The summed E-state index contributed by atoms with van der Waals surface area (Å²) in [4.78, 5) is 0. The van der Waals surface area contributed by atoms with Crippen LogP contribution in [0.5, 0.6) is 0 Å². The maximum absolute atomic E-state index is 5.58. The van der Waals surface area contributed by atoms with E-state index in [2.05, 4.69) is 53.8 Å². The zero-order valence-electron chi connectivity index (χ0n) is 11.8. The van der Waals surface area contributed by atoms with Crippen LogP contribution in [0.4, 0.5) is 5.69 Å². The molecule has 2 aromatic rings. The number of benzene rings is 2. The first-order chi connectivity index (χ1) is 9.85. The van der Waals surface area contributed by atoms with E-state index in [1.807, 2.05) is 0 Å². The van der Waals surface area contributed by atoms with Gasteiger partial charge in [0.1, 0.15) is 0 Å². The largest absolute Gasteiger partial charge is 0.382 e. The van der Waals surface area contributed by atoms with E-state index in [-0.39, 0.29) is 0 Å². The first-order valence-electron chi connectivity index (χ1n) is 7.47. The van der Waals surface area contributed by atoms with Crippen LogP contribution >= 0.6 is 0 Å². The van der Waals surface area contributed by atoms with Gasteiger partial charge in [0.15, 0.2) is 0 Å². The van der Waals surface area contributed by atoms with Crippen LogP contribution in [-0.4, -0.2) is 12.6 Å². The smallest absolute Gasteiger partial charge is 0.0342 e. The molecular formula is C18H22N2. The van der Waals surface area contributed by atoms with Gasteiger partial charge in [0.25, 0.3) is 0 Å². The molecule has 0 fully saturated rings. The van der Waals surface area contributed by atoms with Crippen molar-refractivity contribution in [1.82, 2.24) is 0 Å². The molecule has 0 saturated carbocycles. The number of hydrogen-bond acceptors (Lipinski definition) is 2. The molecule has 2 heteroatoms. The highest BCUT2D eigenvalue weighted by Gasteiger charge is 2.17. The molecule has 0 aromatic heterocycles. The van der Waals surface area contributed by atoms with Crippen molar-refractivity contribution >= 4 is 5.69 Å². The van der Waals surface area contributed by atoms with Crippen LogP contribution in [0.1, 0.15) is 23.1 Å². The average Bonchev–Trinajstić information content (AvgIpc) is 2.49. The van der Waals surface area contributed by atoms with Crippen LogP contribution in [0.2, 0.25) is 0 Å². The molecule has 0 radical (unpaired) electrons. The predicted octanol–water partition coefficient (Wildman–Crippen LogP) is 3.16. The van der Waals surface area contributed by atoms with Crippen molar-refractivity contribution in [3.05, 3.63) is 65.2 Å². The topological polar surface area (TPSA) is 38.0 Å². The van der Waals surface area contributed by atoms with Gasteiger partial charge in [-0.15, -0.1) is 0 Å². The van der Waals surface area contributed by atoms with E-state index in [0.717, 1.165) is 12.8 Å². The summed E-state index contributed by atoms with van der Waals surface area (Å²) in [7, 11) is 0. The minimum atomic E-state index is 0.547. The maximum atomic E-state index is 5.58. The van der Waals surface area contributed by atoms with Crippen molar-refractivity contribution in [3.63, 3.8) is 0 Å². The molecule has 1 unspecified atom stereocenters. The lowest BCUT2D eigenvalue weighted by Crippen LogP contribution is -2.27. The second-order valence-corrected chi connectivity index (χ2v) is 5.59. The van der Waals surface area contributed by atoms with Gasteiger partial charge in [-0.3, -0.25) is 0 Å². The molecule has 1 aliphatic carbocycles. The second kappa shape index (κ2) is 6.10. The van der Waals surface area contributed by atoms with Crippen LogP contribution in [-0.2, 0) is 19.3 Å². The van der Waals surface area contributed by atoms with E-state index in [1.165, 1.54) is 35.2 Å². The zero-order valence-corrected chi connectivity index (χ0v) is 11.8. The molecule has 0 spiro atoms. The van der Waals surface area contributed by atoms with Crippen LogP contribution in [0.25, 0.3) is 0 Å². The first-order valence-corrected chi connectivity index (χ1v) is 7.47. The number of anilines is 1. The molecule has 1 aliphatic rings. The molecule has 1 atom stereocenters. The standard InChI is InChI=1S/C18H22N2/c19-12-11-14-5-8-17(9-6-14)20-18-10-7-15-3-1-2-4-16(15)13-18/h1-6,8-9,18,20H,7,10-13,19H2. The lowest BCUT2D eigenvalue weighted by atomic mass is 9.88. The molecule has 0 heterocycles. The van der Waals surface area contributed by atoms with Crippen molar-refractivity contribution in [2.75, 3.05) is 11.9 Å². The van der Waals surface area contributed by atoms with Crippen LogP contribution in [0, 0.1) is 0 Å². The fraction of sp³-hybridized carbons (Fsp3) is 0.333. The summed E-state index contributed by atoms with van der Waals surface area (Å²) in [6.45, 7) is 0.714. The molecule has 0 saturated heterocycles. The second-order valence-electron chi connectivity index (χ2n) is 5.59. The van der Waals surface area contributed by atoms with Crippen LogP contribution in [0.3, 0.4) is 0 Å². The minimum absolute atomic E-state index is 0.547. The summed E-state index contributed by atoms with van der Waals surface area (Å²) in [5.41, 5.74) is 11.1. The van der Waals surface area contributed by atoms with Crippen molar-refractivity contribution in [1.29, 1.82) is 0 Å². The van der Waals surface area contributed by atoms with E-state index < -0.39 is 0 Å². The Morgan fingerprint density at radius 1 is 1.00 bits per heavy atom. The van der Waals surface area contributed by atoms with Gasteiger partial charge < -0.3 is 11.1 Å². The molecule has 3 rings (SSSR count). The highest BCUT2D eigenvalue weighted by atomic mass is 14.9. The Hall–Kier alpha value is -1.80. The quantitative estimate of drug-likeness (QED) is 0.892. The van der Waals surface area contributed by atoms with E-state index in [9.17, 15) is 0 Å². The van der Waals surface area contributed by atoms with Crippen molar-refractivity contribution in [2.45, 2.75) is 31.7 Å². The number of aryl methyl sites for hydroxylation is 1. The molecule has 0 amide bonds. The Labute approximate surface area is 121 Å². The van der Waals surface area contributed by atoms with Gasteiger partial charge in [0.2, 0.25) is 0 Å². The molecule has 2 aromatic carbocycles. The molecule has 3 N–H and O–H groups in total. The third-order valence-corrected chi connectivity index (χ3v) is 4.10. The van der Waals surface area contributed by atoms with Gasteiger partial charge in [-0.2, -0.15) is 0 Å². The fourth-order valence-corrected chi connectivity index (χ4v) is 2.99. The maximum Gasteiger partial charge on any atom is 0.0342 e. The van der Waals surface area contributed by atoms with Gasteiger partial charge in [-0.05, 0) is 61.1 Å². The van der Waals surface area contributed by atoms with Crippen LogP contribution in [0.15, 0.2) is 48.5 Å². The Balaban J connectivity index is 1.64. The zero-order chi connectivity index (χ0) is 13.8. The van der Waals surface area contributed by atoms with E-state index in [0.29, 0.717) is 12.6 Å². The van der Waals surface area contributed by atoms with E-state index in [1.54, 1.807) is 0 Å². The fourth-order valence-electron chi connectivity index (χ4n) is 2.99. The SMILES string of the molecule is NCCc1ccc(NC2CCc3ccccc3C2)cc1. The Morgan fingerprint density at radius 3 is 2.50 bits per heavy atom. The van der Waals surface area contributed by atoms with Gasteiger partial charge in [-0.1, -0.05) is 36.4 Å². The molecule has 20 heavy (non-hydrogen) atoms. The summed E-state index contributed by atoms with van der Waals surface area (Å²) >= 11 is 0. The average molecular weight is 266 g/mol. The number of nitrogens with two attached hydrogens (primary N) is 1. The molecule has 0 aliphatic heterocycles. The third kappa shape index (κ3) is 3.02. The molecule has 0 bridgehead atoms. The number of rotatable bonds is 4. The van der Waals surface area contributed by atoms with Gasteiger partial charge in [0.05, 0.1) is 0 Å². The summed E-state index contributed by atoms with van der Waals surface area (Å²) in [6, 6.07) is 18.0. The third-order valence-electron chi connectivity index (χ3n) is 4.10. The normalized spacial score (nSPS) is 17.6. The Bertz CT molecular complexity index is 560. The lowest BCUT2D eigenvalue weighted by molar-refractivity contribution is 0.611. The molecular weight excluding hydrogens is 244 g/mol. The van der Waals surface area contributed by atoms with Gasteiger partial charge in [-0.25, -0.2) is 0 Å². The number of fused-ring (bicyclic) bond motifs is 1. The van der Waals surface area contributed by atoms with Crippen molar-refractivity contribution in [3.8, 4) is 0 Å². The van der Waals surface area contributed by atoms with E-state index in [4.69, 9.17) is 5.73 Å². The highest BCUT2D eigenvalue weighted by Crippen LogP contribution is 2.23. The molecule has 2 nitrogen and oxygen atoms in total. The monoisotopic (exact) mass is 266 g/mol. The first kappa shape index (κ1) is 13.2. The van der Waals surface area contributed by atoms with Crippen molar-refractivity contribution in [2.24, 2.45) is 5.73 Å². The summed E-state index contributed by atoms with van der Waals surface area (Å²) in [5.74, 6) is 0. The summed E-state index contributed by atoms with van der Waals surface area (Å²) < 4.78 is 0. The van der Waals surface area contributed by atoms with Crippen LogP contribution < -0.4 is 11.1 Å². The van der Waals surface area contributed by atoms with Gasteiger partial charge in [0, 0.05) is 11.7 Å². The van der Waals surface area contributed by atoms with Gasteiger partial charge >= 0.3 is 0 Å². The Morgan fingerprint density at radius 2 is 1.75 bits per heavy atom. The number of hydrogen-bond donors (Lipinski definition) is 2. The highest BCUT2D eigenvalue weighted by molar-refractivity contribution is 5.46. The van der Waals surface area contributed by atoms with E-state index >= 15 is 0 Å². The Kier molecular flexibility index (Phi) is 4.03. The summed E-state index contributed by atoms with van der Waals surface area (Å²) in [5, 5.41) is 3.66.